The second-order valence-electron chi connectivity index (χ2n) is 6.93. The van der Waals surface area contributed by atoms with Crippen LogP contribution < -0.4 is 9.47 Å². The van der Waals surface area contributed by atoms with Gasteiger partial charge in [-0.1, -0.05) is 12.5 Å². The fraction of sp³-hybridized carbons (Fsp3) is 0.579. The molecule has 3 aliphatic rings. The van der Waals surface area contributed by atoms with Crippen LogP contribution in [0.4, 0.5) is 0 Å². The summed E-state index contributed by atoms with van der Waals surface area (Å²) < 4.78 is 11.2. The van der Waals surface area contributed by atoms with Crippen molar-refractivity contribution in [3.63, 3.8) is 0 Å². The Morgan fingerprint density at radius 2 is 1.68 bits per heavy atom. The van der Waals surface area contributed by atoms with E-state index < -0.39 is 0 Å². The Bertz CT molecular complexity index is 671. The van der Waals surface area contributed by atoms with Crippen molar-refractivity contribution in [1.29, 1.82) is 0 Å². The van der Waals surface area contributed by atoms with Crippen LogP contribution in [0.1, 0.15) is 36.0 Å². The fourth-order valence-electron chi connectivity index (χ4n) is 3.67. The summed E-state index contributed by atoms with van der Waals surface area (Å²) in [6.45, 7) is 3.56. The minimum atomic E-state index is -0.0414. The van der Waals surface area contributed by atoms with Crippen molar-refractivity contribution in [2.45, 2.75) is 25.7 Å². The van der Waals surface area contributed by atoms with E-state index in [0.29, 0.717) is 49.9 Å². The van der Waals surface area contributed by atoms with E-state index in [2.05, 4.69) is 0 Å². The maximum absolute atomic E-state index is 13.0. The van der Waals surface area contributed by atoms with Crippen LogP contribution >= 0.6 is 0 Å². The molecule has 0 radical (unpaired) electrons. The number of fused-ring (bicyclic) bond motifs is 1. The van der Waals surface area contributed by atoms with E-state index >= 15 is 0 Å². The van der Waals surface area contributed by atoms with Gasteiger partial charge in [-0.2, -0.15) is 0 Å². The number of para-hydroxylation sites is 1. The van der Waals surface area contributed by atoms with Crippen molar-refractivity contribution in [2.75, 3.05) is 39.4 Å². The highest BCUT2D eigenvalue weighted by atomic mass is 16.6. The summed E-state index contributed by atoms with van der Waals surface area (Å²) in [5.74, 6) is 1.63. The lowest BCUT2D eigenvalue weighted by Gasteiger charge is -2.31. The first-order valence-corrected chi connectivity index (χ1v) is 9.21. The van der Waals surface area contributed by atoms with Gasteiger partial charge in [0.25, 0.3) is 5.91 Å². The first kappa shape index (κ1) is 16.2. The van der Waals surface area contributed by atoms with Crippen LogP contribution in [-0.4, -0.2) is 61.0 Å². The molecule has 25 heavy (non-hydrogen) atoms. The molecule has 0 aromatic heterocycles. The molecule has 1 aliphatic carbocycles. The van der Waals surface area contributed by atoms with E-state index in [0.717, 1.165) is 32.2 Å². The number of carbonyl (C=O) groups excluding carboxylic acids is 2. The fourth-order valence-corrected chi connectivity index (χ4v) is 3.67. The molecule has 1 saturated carbocycles. The molecule has 6 nitrogen and oxygen atoms in total. The monoisotopic (exact) mass is 344 g/mol. The first-order valence-electron chi connectivity index (χ1n) is 9.21. The highest BCUT2D eigenvalue weighted by Crippen LogP contribution is 2.34. The second-order valence-corrected chi connectivity index (χ2v) is 6.93. The van der Waals surface area contributed by atoms with Gasteiger partial charge in [0.05, 0.1) is 5.56 Å². The molecule has 134 valence electrons. The van der Waals surface area contributed by atoms with Gasteiger partial charge in [0, 0.05) is 32.1 Å². The van der Waals surface area contributed by atoms with Gasteiger partial charge in [-0.15, -0.1) is 0 Å². The Morgan fingerprint density at radius 3 is 2.48 bits per heavy atom. The summed E-state index contributed by atoms with van der Waals surface area (Å²) in [7, 11) is 0. The zero-order chi connectivity index (χ0) is 17.2. The molecule has 1 aromatic rings. The number of amides is 2. The number of ether oxygens (including phenoxy) is 2. The zero-order valence-electron chi connectivity index (χ0n) is 14.4. The van der Waals surface area contributed by atoms with Crippen LogP contribution in [0.2, 0.25) is 0 Å². The molecule has 2 fully saturated rings. The second kappa shape index (κ2) is 6.94. The Morgan fingerprint density at radius 1 is 0.920 bits per heavy atom. The van der Waals surface area contributed by atoms with Crippen molar-refractivity contribution >= 4 is 11.8 Å². The Labute approximate surface area is 147 Å². The van der Waals surface area contributed by atoms with Gasteiger partial charge in [0.2, 0.25) is 5.91 Å². The van der Waals surface area contributed by atoms with E-state index in [1.54, 1.807) is 6.07 Å². The van der Waals surface area contributed by atoms with E-state index in [1.165, 1.54) is 0 Å². The maximum Gasteiger partial charge on any atom is 0.257 e. The predicted octanol–water partition coefficient (Wildman–Crippen LogP) is 1.93. The molecular formula is C19H24N2O4. The predicted molar refractivity (Wildman–Crippen MR) is 91.9 cm³/mol. The first-order chi connectivity index (χ1) is 12.2. The Hall–Kier alpha value is -2.24. The van der Waals surface area contributed by atoms with E-state index in [4.69, 9.17) is 9.47 Å². The van der Waals surface area contributed by atoms with E-state index in [1.807, 2.05) is 21.9 Å². The van der Waals surface area contributed by atoms with Crippen LogP contribution in [-0.2, 0) is 4.79 Å². The largest absolute Gasteiger partial charge is 0.486 e. The van der Waals surface area contributed by atoms with Gasteiger partial charge in [0.15, 0.2) is 11.5 Å². The van der Waals surface area contributed by atoms with Crippen molar-refractivity contribution in [3.05, 3.63) is 23.8 Å². The van der Waals surface area contributed by atoms with E-state index in [9.17, 15) is 9.59 Å². The molecule has 0 bridgehead atoms. The van der Waals surface area contributed by atoms with Gasteiger partial charge in [-0.05, 0) is 31.4 Å². The third-order valence-electron chi connectivity index (χ3n) is 5.35. The molecule has 2 heterocycles. The molecule has 0 N–H and O–H groups in total. The number of hydrogen-bond donors (Lipinski definition) is 0. The third-order valence-corrected chi connectivity index (χ3v) is 5.35. The smallest absolute Gasteiger partial charge is 0.257 e. The van der Waals surface area contributed by atoms with Crippen LogP contribution in [0.3, 0.4) is 0 Å². The summed E-state index contributed by atoms with van der Waals surface area (Å²) in [4.78, 5) is 29.2. The Kier molecular flexibility index (Phi) is 4.51. The standard InChI is InChI=1S/C19H24N2O4/c22-18(14-4-1-5-14)20-8-3-9-21(11-10-20)19(23)15-6-2-7-16-17(15)25-13-12-24-16/h2,6-7,14H,1,3-5,8-13H2. The average Bonchev–Trinajstić information content (AvgIpc) is 2.85. The Balaban J connectivity index is 1.45. The lowest BCUT2D eigenvalue weighted by Crippen LogP contribution is -2.41. The van der Waals surface area contributed by atoms with E-state index in [-0.39, 0.29) is 17.7 Å². The summed E-state index contributed by atoms with van der Waals surface area (Å²) in [5.41, 5.74) is 0.552. The number of carbonyl (C=O) groups is 2. The molecule has 6 heteroatoms. The molecular weight excluding hydrogens is 320 g/mol. The topological polar surface area (TPSA) is 59.1 Å². The number of rotatable bonds is 2. The van der Waals surface area contributed by atoms with Gasteiger partial charge in [-0.3, -0.25) is 9.59 Å². The molecule has 0 atom stereocenters. The molecule has 1 saturated heterocycles. The SMILES string of the molecule is O=C(c1cccc2c1OCCO2)N1CCCN(C(=O)C2CCC2)CC1. The minimum absolute atomic E-state index is 0.0414. The van der Waals surface area contributed by atoms with Gasteiger partial charge in [-0.25, -0.2) is 0 Å². The van der Waals surface area contributed by atoms with Gasteiger partial charge >= 0.3 is 0 Å². The third kappa shape index (κ3) is 3.17. The van der Waals surface area contributed by atoms with Crippen LogP contribution in [0.15, 0.2) is 18.2 Å². The summed E-state index contributed by atoms with van der Waals surface area (Å²) >= 11 is 0. The molecule has 1 aromatic carbocycles. The van der Waals surface area contributed by atoms with Crippen molar-refractivity contribution in [1.82, 2.24) is 9.80 Å². The highest BCUT2D eigenvalue weighted by molar-refractivity contribution is 5.98. The summed E-state index contributed by atoms with van der Waals surface area (Å²) in [6, 6.07) is 5.44. The van der Waals surface area contributed by atoms with Gasteiger partial charge < -0.3 is 19.3 Å². The molecule has 0 unspecified atom stereocenters. The van der Waals surface area contributed by atoms with Crippen molar-refractivity contribution in [3.8, 4) is 11.5 Å². The normalized spacial score (nSPS) is 20.6. The zero-order valence-corrected chi connectivity index (χ0v) is 14.4. The lowest BCUT2D eigenvalue weighted by atomic mass is 9.84. The molecule has 2 amide bonds. The molecule has 4 rings (SSSR count). The van der Waals surface area contributed by atoms with Crippen molar-refractivity contribution < 1.29 is 19.1 Å². The molecule has 0 spiro atoms. The number of nitrogens with zero attached hydrogens (tertiary/aromatic N) is 2. The highest BCUT2D eigenvalue weighted by Gasteiger charge is 2.31. The summed E-state index contributed by atoms with van der Waals surface area (Å²) in [6.07, 6.45) is 4.02. The number of benzene rings is 1. The number of hydrogen-bond acceptors (Lipinski definition) is 4. The van der Waals surface area contributed by atoms with Crippen LogP contribution in [0, 0.1) is 5.92 Å². The maximum atomic E-state index is 13.0. The van der Waals surface area contributed by atoms with Crippen LogP contribution in [0.25, 0.3) is 0 Å². The molecule has 2 aliphatic heterocycles. The summed E-state index contributed by atoms with van der Waals surface area (Å²) in [5, 5.41) is 0. The van der Waals surface area contributed by atoms with Gasteiger partial charge in [0.1, 0.15) is 13.2 Å². The quantitative estimate of drug-likeness (QED) is 0.823. The van der Waals surface area contributed by atoms with Crippen LogP contribution in [0.5, 0.6) is 11.5 Å². The lowest BCUT2D eigenvalue weighted by molar-refractivity contribution is -0.138. The minimum Gasteiger partial charge on any atom is -0.486 e. The van der Waals surface area contributed by atoms with Crippen molar-refractivity contribution in [2.24, 2.45) is 5.92 Å². The average molecular weight is 344 g/mol.